The Hall–Kier alpha value is -0.750. The molecule has 0 radical (unpaired) electrons. The van der Waals surface area contributed by atoms with Gasteiger partial charge in [-0.15, -0.1) is 0 Å². The maximum Gasteiger partial charge on any atom is 0.325 e. The number of carboxylic acids is 1. The number of carbonyl (C=O) groups is 2. The number of hydrogen-bond donors (Lipinski definition) is 2. The third-order valence-electron chi connectivity index (χ3n) is 2.43. The zero-order valence-electron chi connectivity index (χ0n) is 10.7. The summed E-state index contributed by atoms with van der Waals surface area (Å²) in [6, 6.07) is -0.814. The highest BCUT2D eigenvalue weighted by molar-refractivity contribution is 7.99. The second kappa shape index (κ2) is 9.30. The Morgan fingerprint density at radius 2 is 1.94 bits per heavy atom. The van der Waals surface area contributed by atoms with Crippen LogP contribution >= 0.6 is 11.8 Å². The fraction of sp³-hybridized carbons (Fsp3) is 0.818. The van der Waals surface area contributed by atoms with E-state index in [4.69, 9.17) is 5.11 Å². The molecule has 0 fully saturated rings. The summed E-state index contributed by atoms with van der Waals surface area (Å²) in [6.07, 6.45) is 0. The molecule has 0 aromatic heterocycles. The molecule has 0 saturated heterocycles. The van der Waals surface area contributed by atoms with Crippen molar-refractivity contribution < 1.29 is 14.7 Å². The van der Waals surface area contributed by atoms with E-state index >= 15 is 0 Å². The number of carbonyl (C=O) groups excluding carboxylic acids is 1. The fourth-order valence-electron chi connectivity index (χ4n) is 1.24. The Labute approximate surface area is 107 Å². The summed E-state index contributed by atoms with van der Waals surface area (Å²) in [6.45, 7) is 8.66. The van der Waals surface area contributed by atoms with E-state index < -0.39 is 12.0 Å². The molecule has 0 aliphatic carbocycles. The summed E-state index contributed by atoms with van der Waals surface area (Å²) in [5.74, 6) is -0.0222. The van der Waals surface area contributed by atoms with Crippen LogP contribution in [0.2, 0.25) is 0 Å². The minimum absolute atomic E-state index is 0.218. The van der Waals surface area contributed by atoms with Crippen molar-refractivity contribution in [2.75, 3.05) is 31.1 Å². The average molecular weight is 262 g/mol. The first-order chi connectivity index (χ1) is 8.01. The van der Waals surface area contributed by atoms with E-state index in [9.17, 15) is 9.59 Å². The highest BCUT2D eigenvalue weighted by Gasteiger charge is 2.13. The van der Waals surface area contributed by atoms with Crippen LogP contribution in [-0.2, 0) is 9.59 Å². The standard InChI is InChI=1S/C11H22N2O3S/c1-4-13(5-2)6-7-17-8-10(14)12-9(3)11(15)16/h9H,4-8H2,1-3H3,(H,12,14)(H,15,16)/t9-/m0/s1. The lowest BCUT2D eigenvalue weighted by molar-refractivity contribution is -0.140. The number of carboxylic acid groups (broad SMARTS) is 1. The summed E-state index contributed by atoms with van der Waals surface area (Å²) >= 11 is 1.53. The molecule has 0 saturated carbocycles. The predicted molar refractivity (Wildman–Crippen MR) is 70.4 cm³/mol. The topological polar surface area (TPSA) is 69.6 Å². The van der Waals surface area contributed by atoms with E-state index in [1.54, 1.807) is 0 Å². The van der Waals surface area contributed by atoms with Gasteiger partial charge in [0.05, 0.1) is 5.75 Å². The molecule has 100 valence electrons. The van der Waals surface area contributed by atoms with Crippen molar-refractivity contribution in [3.05, 3.63) is 0 Å². The molecule has 0 aromatic rings. The molecular formula is C11H22N2O3S. The molecule has 0 unspecified atom stereocenters. The van der Waals surface area contributed by atoms with Crippen molar-refractivity contribution in [3.8, 4) is 0 Å². The van der Waals surface area contributed by atoms with E-state index in [-0.39, 0.29) is 5.91 Å². The van der Waals surface area contributed by atoms with Gasteiger partial charge in [0.1, 0.15) is 6.04 Å². The predicted octanol–water partition coefficient (Wildman–Crippen LogP) is 0.651. The molecule has 1 atom stereocenters. The number of amides is 1. The zero-order valence-corrected chi connectivity index (χ0v) is 11.5. The number of thioether (sulfide) groups is 1. The SMILES string of the molecule is CCN(CC)CCSCC(=O)N[C@@H](C)C(=O)O. The van der Waals surface area contributed by atoms with Gasteiger partial charge in [-0.05, 0) is 20.0 Å². The molecule has 6 heteroatoms. The molecule has 0 rings (SSSR count). The molecule has 0 aliphatic rings. The van der Waals surface area contributed by atoms with Crippen LogP contribution in [0.15, 0.2) is 0 Å². The van der Waals surface area contributed by atoms with Crippen molar-refractivity contribution in [2.24, 2.45) is 0 Å². The van der Waals surface area contributed by atoms with Gasteiger partial charge in [0.25, 0.3) is 0 Å². The second-order valence-corrected chi connectivity index (χ2v) is 4.81. The molecule has 0 spiro atoms. The van der Waals surface area contributed by atoms with Gasteiger partial charge in [0.2, 0.25) is 5.91 Å². The van der Waals surface area contributed by atoms with Crippen LogP contribution in [0.1, 0.15) is 20.8 Å². The molecule has 0 aliphatic heterocycles. The minimum atomic E-state index is -1.01. The molecular weight excluding hydrogens is 240 g/mol. The summed E-state index contributed by atoms with van der Waals surface area (Å²) in [5, 5.41) is 11.0. The number of aliphatic carboxylic acids is 1. The van der Waals surface area contributed by atoms with Gasteiger partial charge >= 0.3 is 5.97 Å². The van der Waals surface area contributed by atoms with Crippen LogP contribution in [0.5, 0.6) is 0 Å². The fourth-order valence-corrected chi connectivity index (χ4v) is 2.04. The maximum atomic E-state index is 11.3. The van der Waals surface area contributed by atoms with Gasteiger partial charge in [0.15, 0.2) is 0 Å². The number of nitrogens with one attached hydrogen (secondary N) is 1. The molecule has 0 heterocycles. The first-order valence-electron chi connectivity index (χ1n) is 5.83. The van der Waals surface area contributed by atoms with Crippen LogP contribution in [-0.4, -0.2) is 59.1 Å². The van der Waals surface area contributed by atoms with E-state index in [0.29, 0.717) is 5.75 Å². The van der Waals surface area contributed by atoms with Crippen LogP contribution in [0, 0.1) is 0 Å². The third kappa shape index (κ3) is 8.04. The quantitative estimate of drug-likeness (QED) is 0.597. The van der Waals surface area contributed by atoms with Gasteiger partial charge < -0.3 is 15.3 Å². The van der Waals surface area contributed by atoms with Crippen molar-refractivity contribution >= 4 is 23.6 Å². The van der Waals surface area contributed by atoms with Gasteiger partial charge in [-0.2, -0.15) is 11.8 Å². The van der Waals surface area contributed by atoms with E-state index in [1.807, 2.05) is 0 Å². The number of rotatable bonds is 9. The van der Waals surface area contributed by atoms with Crippen LogP contribution in [0.25, 0.3) is 0 Å². The van der Waals surface area contributed by atoms with Crippen molar-refractivity contribution in [1.82, 2.24) is 10.2 Å². The lowest BCUT2D eigenvalue weighted by Crippen LogP contribution is -2.39. The lowest BCUT2D eigenvalue weighted by Gasteiger charge is -2.17. The van der Waals surface area contributed by atoms with Crippen molar-refractivity contribution in [1.29, 1.82) is 0 Å². The van der Waals surface area contributed by atoms with Crippen LogP contribution in [0.4, 0.5) is 0 Å². The Kier molecular flexibility index (Phi) is 8.89. The summed E-state index contributed by atoms with van der Waals surface area (Å²) in [5.41, 5.74) is 0. The maximum absolute atomic E-state index is 11.3. The second-order valence-electron chi connectivity index (χ2n) is 3.71. The monoisotopic (exact) mass is 262 g/mol. The van der Waals surface area contributed by atoms with Crippen LogP contribution < -0.4 is 5.32 Å². The highest BCUT2D eigenvalue weighted by atomic mass is 32.2. The summed E-state index contributed by atoms with van der Waals surface area (Å²) < 4.78 is 0. The Bertz CT molecular complexity index is 245. The first-order valence-corrected chi connectivity index (χ1v) is 6.99. The smallest absolute Gasteiger partial charge is 0.325 e. The van der Waals surface area contributed by atoms with Gasteiger partial charge in [0, 0.05) is 12.3 Å². The minimum Gasteiger partial charge on any atom is -0.480 e. The van der Waals surface area contributed by atoms with Gasteiger partial charge in [-0.3, -0.25) is 9.59 Å². The molecule has 0 bridgehead atoms. The van der Waals surface area contributed by atoms with E-state index in [0.717, 1.165) is 25.4 Å². The third-order valence-corrected chi connectivity index (χ3v) is 3.36. The van der Waals surface area contributed by atoms with E-state index in [1.165, 1.54) is 18.7 Å². The summed E-state index contributed by atoms with van der Waals surface area (Å²) in [4.78, 5) is 24.1. The van der Waals surface area contributed by atoms with Gasteiger partial charge in [-0.1, -0.05) is 13.8 Å². The van der Waals surface area contributed by atoms with Gasteiger partial charge in [-0.25, -0.2) is 0 Å². The summed E-state index contributed by atoms with van der Waals surface area (Å²) in [7, 11) is 0. The molecule has 2 N–H and O–H groups in total. The molecule has 17 heavy (non-hydrogen) atoms. The van der Waals surface area contributed by atoms with Crippen molar-refractivity contribution in [2.45, 2.75) is 26.8 Å². The number of hydrogen-bond acceptors (Lipinski definition) is 4. The van der Waals surface area contributed by atoms with Crippen molar-refractivity contribution in [3.63, 3.8) is 0 Å². The Morgan fingerprint density at radius 1 is 1.35 bits per heavy atom. The molecule has 1 amide bonds. The normalized spacial score (nSPS) is 12.5. The highest BCUT2D eigenvalue weighted by Crippen LogP contribution is 2.01. The lowest BCUT2D eigenvalue weighted by atomic mass is 10.3. The first kappa shape index (κ1) is 16.2. The molecule has 5 nitrogen and oxygen atoms in total. The number of nitrogens with zero attached hydrogens (tertiary/aromatic N) is 1. The Balaban J connectivity index is 3.61. The largest absolute Gasteiger partial charge is 0.480 e. The zero-order chi connectivity index (χ0) is 13.3. The van der Waals surface area contributed by atoms with Crippen LogP contribution in [0.3, 0.4) is 0 Å². The Morgan fingerprint density at radius 3 is 2.41 bits per heavy atom. The average Bonchev–Trinajstić information content (AvgIpc) is 2.29. The molecule has 0 aromatic carbocycles. The van der Waals surface area contributed by atoms with E-state index in [2.05, 4.69) is 24.1 Å².